The highest BCUT2D eigenvalue weighted by Crippen LogP contribution is 2.34. The standard InChI is InChI=1S/C14H26N6/c1-10-12(17-11(2)18-13(10)19-15)16-9-14(20(3)4)7-5-6-8-14/h5-9,15H2,1-4H3,(H2,16,17,18,19). The third-order valence-corrected chi connectivity index (χ3v) is 4.46. The molecule has 1 aromatic rings. The quantitative estimate of drug-likeness (QED) is 0.561. The van der Waals surface area contributed by atoms with Gasteiger partial charge in [-0.15, -0.1) is 0 Å². The van der Waals surface area contributed by atoms with Crippen molar-refractivity contribution in [3.05, 3.63) is 11.4 Å². The van der Waals surface area contributed by atoms with E-state index in [4.69, 9.17) is 5.84 Å². The topological polar surface area (TPSA) is 79.1 Å². The van der Waals surface area contributed by atoms with Crippen LogP contribution in [0.2, 0.25) is 0 Å². The lowest BCUT2D eigenvalue weighted by Gasteiger charge is -2.36. The number of likely N-dealkylation sites (N-methyl/N-ethyl adjacent to an activating group) is 1. The van der Waals surface area contributed by atoms with Crippen LogP contribution in [0.3, 0.4) is 0 Å². The molecule has 0 spiro atoms. The molecule has 0 amide bonds. The van der Waals surface area contributed by atoms with Gasteiger partial charge in [-0.3, -0.25) is 0 Å². The summed E-state index contributed by atoms with van der Waals surface area (Å²) in [4.78, 5) is 11.1. The van der Waals surface area contributed by atoms with Crippen molar-refractivity contribution < 1.29 is 0 Å². The Morgan fingerprint density at radius 2 is 1.75 bits per heavy atom. The predicted octanol–water partition coefficient (Wildman–Crippen LogP) is 1.67. The molecule has 4 N–H and O–H groups in total. The number of nitrogens with zero attached hydrogens (tertiary/aromatic N) is 3. The Morgan fingerprint density at radius 1 is 1.15 bits per heavy atom. The van der Waals surface area contributed by atoms with Crippen molar-refractivity contribution in [2.45, 2.75) is 45.1 Å². The lowest BCUT2D eigenvalue weighted by molar-refractivity contribution is 0.172. The van der Waals surface area contributed by atoms with Gasteiger partial charge in [0.15, 0.2) is 0 Å². The van der Waals surface area contributed by atoms with Crippen molar-refractivity contribution in [3.8, 4) is 0 Å². The molecule has 0 radical (unpaired) electrons. The number of rotatable bonds is 5. The number of aryl methyl sites for hydroxylation is 1. The van der Waals surface area contributed by atoms with E-state index in [1.807, 2.05) is 13.8 Å². The van der Waals surface area contributed by atoms with Gasteiger partial charge < -0.3 is 15.6 Å². The minimum Gasteiger partial charge on any atom is -0.368 e. The SMILES string of the molecule is Cc1nc(NN)c(C)c(NCC2(N(C)C)CCCC2)n1. The van der Waals surface area contributed by atoms with Crippen LogP contribution in [0.1, 0.15) is 37.1 Å². The molecule has 0 unspecified atom stereocenters. The van der Waals surface area contributed by atoms with Crippen LogP contribution in [-0.4, -0.2) is 41.0 Å². The van der Waals surface area contributed by atoms with Gasteiger partial charge in [-0.1, -0.05) is 12.8 Å². The molecule has 1 aliphatic carbocycles. The fraction of sp³-hybridized carbons (Fsp3) is 0.714. The molecule has 20 heavy (non-hydrogen) atoms. The van der Waals surface area contributed by atoms with E-state index in [2.05, 4.69) is 39.7 Å². The van der Waals surface area contributed by atoms with Gasteiger partial charge in [-0.25, -0.2) is 15.8 Å². The minimum absolute atomic E-state index is 0.238. The number of nitrogens with one attached hydrogen (secondary N) is 2. The zero-order valence-corrected chi connectivity index (χ0v) is 13.0. The van der Waals surface area contributed by atoms with Crippen molar-refractivity contribution in [1.29, 1.82) is 0 Å². The van der Waals surface area contributed by atoms with Crippen molar-refractivity contribution in [2.24, 2.45) is 5.84 Å². The fourth-order valence-corrected chi connectivity index (χ4v) is 3.00. The normalized spacial score (nSPS) is 17.5. The molecular formula is C14H26N6. The lowest BCUT2D eigenvalue weighted by Crippen LogP contribution is -2.47. The van der Waals surface area contributed by atoms with Crippen LogP contribution in [0.4, 0.5) is 11.6 Å². The summed E-state index contributed by atoms with van der Waals surface area (Å²) < 4.78 is 0. The number of hydrogen-bond donors (Lipinski definition) is 3. The highest BCUT2D eigenvalue weighted by molar-refractivity contribution is 5.56. The van der Waals surface area contributed by atoms with Gasteiger partial charge in [0.1, 0.15) is 17.5 Å². The van der Waals surface area contributed by atoms with Gasteiger partial charge >= 0.3 is 0 Å². The lowest BCUT2D eigenvalue weighted by atomic mass is 9.96. The fourth-order valence-electron chi connectivity index (χ4n) is 3.00. The molecule has 1 aromatic heterocycles. The van der Waals surface area contributed by atoms with E-state index in [0.29, 0.717) is 5.82 Å². The van der Waals surface area contributed by atoms with Crippen molar-refractivity contribution in [1.82, 2.24) is 14.9 Å². The maximum atomic E-state index is 5.50. The Labute approximate surface area is 121 Å². The number of hydrogen-bond acceptors (Lipinski definition) is 6. The molecule has 1 saturated carbocycles. The number of hydrazine groups is 1. The number of anilines is 2. The number of aromatic nitrogens is 2. The van der Waals surface area contributed by atoms with Crippen LogP contribution in [-0.2, 0) is 0 Å². The summed E-state index contributed by atoms with van der Waals surface area (Å²) in [7, 11) is 4.33. The van der Waals surface area contributed by atoms with Gasteiger partial charge in [0, 0.05) is 17.6 Å². The van der Waals surface area contributed by atoms with E-state index in [9.17, 15) is 0 Å². The van der Waals surface area contributed by atoms with Gasteiger partial charge in [-0.05, 0) is 40.8 Å². The zero-order chi connectivity index (χ0) is 14.8. The van der Waals surface area contributed by atoms with Crippen LogP contribution in [0.15, 0.2) is 0 Å². The van der Waals surface area contributed by atoms with E-state index in [1.54, 1.807) is 0 Å². The molecule has 1 heterocycles. The first kappa shape index (κ1) is 15.0. The Kier molecular flexibility index (Phi) is 4.45. The first-order valence-corrected chi connectivity index (χ1v) is 7.22. The van der Waals surface area contributed by atoms with E-state index < -0.39 is 0 Å². The molecule has 1 aliphatic rings. The highest BCUT2D eigenvalue weighted by atomic mass is 15.3. The molecule has 1 fully saturated rings. The summed E-state index contributed by atoms with van der Waals surface area (Å²) in [5.74, 6) is 7.78. The van der Waals surface area contributed by atoms with Crippen molar-refractivity contribution in [2.75, 3.05) is 31.4 Å². The van der Waals surface area contributed by atoms with Crippen LogP contribution >= 0.6 is 0 Å². The molecule has 6 nitrogen and oxygen atoms in total. The largest absolute Gasteiger partial charge is 0.368 e. The van der Waals surface area contributed by atoms with Gasteiger partial charge in [-0.2, -0.15) is 0 Å². The Hall–Kier alpha value is -1.40. The Bertz CT molecular complexity index is 465. The molecule has 2 rings (SSSR count). The third kappa shape index (κ3) is 2.86. The van der Waals surface area contributed by atoms with Crippen LogP contribution < -0.4 is 16.6 Å². The van der Waals surface area contributed by atoms with E-state index in [1.165, 1.54) is 25.7 Å². The average molecular weight is 278 g/mol. The van der Waals surface area contributed by atoms with Crippen LogP contribution in [0, 0.1) is 13.8 Å². The molecule has 0 atom stereocenters. The monoisotopic (exact) mass is 278 g/mol. The summed E-state index contributed by atoms with van der Waals surface area (Å²) in [6.07, 6.45) is 5.07. The molecule has 0 aromatic carbocycles. The summed E-state index contributed by atoms with van der Waals surface area (Å²) in [5.41, 5.74) is 3.84. The van der Waals surface area contributed by atoms with E-state index in [0.717, 1.165) is 23.8 Å². The van der Waals surface area contributed by atoms with Gasteiger partial charge in [0.2, 0.25) is 0 Å². The maximum Gasteiger partial charge on any atom is 0.148 e. The van der Waals surface area contributed by atoms with Crippen LogP contribution in [0.5, 0.6) is 0 Å². The highest BCUT2D eigenvalue weighted by Gasteiger charge is 2.35. The number of nitrogen functional groups attached to an aromatic ring is 1. The van der Waals surface area contributed by atoms with E-state index in [-0.39, 0.29) is 5.54 Å². The van der Waals surface area contributed by atoms with Crippen LogP contribution in [0.25, 0.3) is 0 Å². The first-order valence-electron chi connectivity index (χ1n) is 7.22. The molecule has 0 bridgehead atoms. The molecular weight excluding hydrogens is 252 g/mol. The molecule has 112 valence electrons. The Morgan fingerprint density at radius 3 is 2.30 bits per heavy atom. The zero-order valence-electron chi connectivity index (χ0n) is 13.0. The molecule has 6 heteroatoms. The first-order chi connectivity index (χ1) is 9.48. The molecule has 0 saturated heterocycles. The number of nitrogens with two attached hydrogens (primary N) is 1. The second kappa shape index (κ2) is 5.93. The van der Waals surface area contributed by atoms with Gasteiger partial charge in [0.25, 0.3) is 0 Å². The summed E-state index contributed by atoms with van der Waals surface area (Å²) in [6.45, 7) is 4.76. The minimum atomic E-state index is 0.238. The summed E-state index contributed by atoms with van der Waals surface area (Å²) in [5, 5.41) is 3.50. The van der Waals surface area contributed by atoms with Gasteiger partial charge in [0.05, 0.1) is 0 Å². The summed E-state index contributed by atoms with van der Waals surface area (Å²) >= 11 is 0. The smallest absolute Gasteiger partial charge is 0.148 e. The third-order valence-electron chi connectivity index (χ3n) is 4.46. The second-order valence-electron chi connectivity index (χ2n) is 5.92. The summed E-state index contributed by atoms with van der Waals surface area (Å²) in [6, 6.07) is 0. The Balaban J connectivity index is 2.16. The maximum absolute atomic E-state index is 5.50. The van der Waals surface area contributed by atoms with E-state index >= 15 is 0 Å². The predicted molar refractivity (Wildman–Crippen MR) is 82.7 cm³/mol. The van der Waals surface area contributed by atoms with Crippen molar-refractivity contribution >= 4 is 11.6 Å². The second-order valence-corrected chi connectivity index (χ2v) is 5.92. The molecule has 0 aliphatic heterocycles. The average Bonchev–Trinajstić information content (AvgIpc) is 2.89. The van der Waals surface area contributed by atoms with Crippen molar-refractivity contribution in [3.63, 3.8) is 0 Å².